The SMILES string of the molecule is O=C(O)C1CN(S(=O)(=O)CCC2CC2)Cc2ccccc21. The molecule has 0 aromatic heterocycles. The van der Waals surface area contributed by atoms with Gasteiger partial charge in [0.1, 0.15) is 0 Å². The fourth-order valence-electron chi connectivity index (χ4n) is 2.85. The van der Waals surface area contributed by atoms with Crippen LogP contribution in [0.25, 0.3) is 0 Å². The lowest BCUT2D eigenvalue weighted by Gasteiger charge is -2.32. The Balaban J connectivity index is 1.83. The minimum atomic E-state index is -3.38. The van der Waals surface area contributed by atoms with Gasteiger partial charge in [0.15, 0.2) is 0 Å². The third-order valence-electron chi connectivity index (χ3n) is 4.34. The van der Waals surface area contributed by atoms with E-state index in [9.17, 15) is 18.3 Å². The first-order valence-electron chi connectivity index (χ1n) is 7.26. The number of aliphatic carboxylic acids is 1. The first kappa shape index (κ1) is 14.5. The van der Waals surface area contributed by atoms with Crippen molar-refractivity contribution >= 4 is 16.0 Å². The van der Waals surface area contributed by atoms with Crippen LogP contribution in [-0.4, -0.2) is 36.1 Å². The quantitative estimate of drug-likeness (QED) is 0.900. The van der Waals surface area contributed by atoms with Crippen LogP contribution in [0.5, 0.6) is 0 Å². The van der Waals surface area contributed by atoms with Crippen LogP contribution in [0.3, 0.4) is 0 Å². The number of hydrogen-bond acceptors (Lipinski definition) is 3. The van der Waals surface area contributed by atoms with Gasteiger partial charge in [-0.1, -0.05) is 37.1 Å². The van der Waals surface area contributed by atoms with Crippen LogP contribution in [0.4, 0.5) is 0 Å². The molecule has 1 aromatic rings. The molecule has 0 bridgehead atoms. The molecule has 0 amide bonds. The van der Waals surface area contributed by atoms with Crippen molar-refractivity contribution in [2.24, 2.45) is 5.92 Å². The first-order chi connectivity index (χ1) is 9.97. The van der Waals surface area contributed by atoms with E-state index in [4.69, 9.17) is 0 Å². The summed E-state index contributed by atoms with van der Waals surface area (Å²) in [7, 11) is -3.38. The minimum absolute atomic E-state index is 0.0410. The number of benzene rings is 1. The van der Waals surface area contributed by atoms with E-state index >= 15 is 0 Å². The molecule has 1 aliphatic heterocycles. The summed E-state index contributed by atoms with van der Waals surface area (Å²) in [5.74, 6) is -1.06. The highest BCUT2D eigenvalue weighted by molar-refractivity contribution is 7.89. The molecule has 0 radical (unpaired) electrons. The number of sulfonamides is 1. The molecule has 1 unspecified atom stereocenters. The molecule has 1 heterocycles. The van der Waals surface area contributed by atoms with Crippen molar-refractivity contribution in [2.45, 2.75) is 31.7 Å². The number of hydrogen-bond donors (Lipinski definition) is 1. The molecule has 0 saturated heterocycles. The van der Waals surface area contributed by atoms with Crippen LogP contribution < -0.4 is 0 Å². The lowest BCUT2D eigenvalue weighted by atomic mass is 9.91. The van der Waals surface area contributed by atoms with Crippen LogP contribution >= 0.6 is 0 Å². The van der Waals surface area contributed by atoms with Crippen molar-refractivity contribution < 1.29 is 18.3 Å². The highest BCUT2D eigenvalue weighted by Crippen LogP contribution is 2.34. The van der Waals surface area contributed by atoms with Gasteiger partial charge in [0, 0.05) is 13.1 Å². The number of carboxylic acid groups (broad SMARTS) is 1. The maximum absolute atomic E-state index is 12.4. The monoisotopic (exact) mass is 309 g/mol. The Hall–Kier alpha value is -1.40. The molecule has 21 heavy (non-hydrogen) atoms. The smallest absolute Gasteiger partial charge is 0.312 e. The summed E-state index contributed by atoms with van der Waals surface area (Å²) in [5.41, 5.74) is 1.53. The number of carbonyl (C=O) groups is 1. The average Bonchev–Trinajstić information content (AvgIpc) is 3.28. The summed E-state index contributed by atoms with van der Waals surface area (Å²) in [6, 6.07) is 7.21. The summed E-state index contributed by atoms with van der Waals surface area (Å²) >= 11 is 0. The van der Waals surface area contributed by atoms with E-state index in [1.165, 1.54) is 4.31 Å². The molecule has 1 aliphatic carbocycles. The van der Waals surface area contributed by atoms with Crippen LogP contribution in [-0.2, 0) is 21.4 Å². The van der Waals surface area contributed by atoms with Gasteiger partial charge in [-0.15, -0.1) is 0 Å². The van der Waals surface area contributed by atoms with E-state index in [2.05, 4.69) is 0 Å². The van der Waals surface area contributed by atoms with Crippen molar-refractivity contribution in [3.05, 3.63) is 35.4 Å². The van der Waals surface area contributed by atoms with Crippen molar-refractivity contribution in [1.82, 2.24) is 4.31 Å². The molecule has 1 fully saturated rings. The van der Waals surface area contributed by atoms with Crippen molar-refractivity contribution in [2.75, 3.05) is 12.3 Å². The number of carboxylic acids is 1. The first-order valence-corrected chi connectivity index (χ1v) is 8.87. The van der Waals surface area contributed by atoms with Gasteiger partial charge >= 0.3 is 5.97 Å². The van der Waals surface area contributed by atoms with Gasteiger partial charge in [0.2, 0.25) is 10.0 Å². The Labute approximate surface area is 124 Å². The highest BCUT2D eigenvalue weighted by atomic mass is 32.2. The Morgan fingerprint density at radius 3 is 2.67 bits per heavy atom. The van der Waals surface area contributed by atoms with Crippen molar-refractivity contribution in [3.8, 4) is 0 Å². The average molecular weight is 309 g/mol. The summed E-state index contributed by atoms with van der Waals surface area (Å²) in [6.07, 6.45) is 2.93. The Bertz CT molecular complexity index is 651. The van der Waals surface area contributed by atoms with E-state index in [1.807, 2.05) is 12.1 Å². The van der Waals surface area contributed by atoms with Gasteiger partial charge in [-0.05, 0) is 23.5 Å². The minimum Gasteiger partial charge on any atom is -0.481 e. The Kier molecular flexibility index (Phi) is 3.75. The van der Waals surface area contributed by atoms with Gasteiger partial charge in [-0.2, -0.15) is 4.31 Å². The fourth-order valence-corrected chi connectivity index (χ4v) is 4.45. The van der Waals surface area contributed by atoms with Gasteiger partial charge in [-0.25, -0.2) is 8.42 Å². The van der Waals surface area contributed by atoms with E-state index in [0.717, 1.165) is 24.0 Å². The lowest BCUT2D eigenvalue weighted by Crippen LogP contribution is -2.41. The highest BCUT2D eigenvalue weighted by Gasteiger charge is 2.36. The Morgan fingerprint density at radius 2 is 2.00 bits per heavy atom. The fraction of sp³-hybridized carbons (Fsp3) is 0.533. The predicted molar refractivity (Wildman–Crippen MR) is 78.4 cm³/mol. The van der Waals surface area contributed by atoms with Crippen LogP contribution in [0.2, 0.25) is 0 Å². The van der Waals surface area contributed by atoms with Gasteiger partial charge < -0.3 is 5.11 Å². The second kappa shape index (κ2) is 5.42. The van der Waals surface area contributed by atoms with Gasteiger partial charge in [0.05, 0.1) is 11.7 Å². The zero-order chi connectivity index (χ0) is 15.0. The summed E-state index contributed by atoms with van der Waals surface area (Å²) in [4.78, 5) is 11.4. The largest absolute Gasteiger partial charge is 0.481 e. The second-order valence-electron chi connectivity index (χ2n) is 5.93. The van der Waals surface area contributed by atoms with E-state index in [-0.39, 0.29) is 18.8 Å². The molecule has 0 spiro atoms. The normalized spacial score (nSPS) is 22.8. The van der Waals surface area contributed by atoms with E-state index < -0.39 is 21.9 Å². The molecule has 1 saturated carbocycles. The second-order valence-corrected chi connectivity index (χ2v) is 8.02. The summed E-state index contributed by atoms with van der Waals surface area (Å²) < 4.78 is 26.2. The molecule has 1 atom stereocenters. The molecular weight excluding hydrogens is 290 g/mol. The number of nitrogens with zero attached hydrogens (tertiary/aromatic N) is 1. The standard InChI is InChI=1S/C15H19NO4S/c17-15(18)14-10-16(9-12-3-1-2-4-13(12)14)21(19,20)8-7-11-5-6-11/h1-4,11,14H,5-10H2,(H,17,18). The molecule has 6 heteroatoms. The van der Waals surface area contributed by atoms with Crippen LogP contribution in [0.15, 0.2) is 24.3 Å². The van der Waals surface area contributed by atoms with Crippen LogP contribution in [0, 0.1) is 5.92 Å². The molecular formula is C15H19NO4S. The Morgan fingerprint density at radius 1 is 1.29 bits per heavy atom. The maximum atomic E-state index is 12.4. The van der Waals surface area contributed by atoms with Crippen molar-refractivity contribution in [1.29, 1.82) is 0 Å². The number of rotatable bonds is 5. The van der Waals surface area contributed by atoms with Gasteiger partial charge in [-0.3, -0.25) is 4.79 Å². The summed E-state index contributed by atoms with van der Waals surface area (Å²) in [5, 5.41) is 9.38. The molecule has 1 aromatic carbocycles. The van der Waals surface area contributed by atoms with Crippen molar-refractivity contribution in [3.63, 3.8) is 0 Å². The zero-order valence-corrected chi connectivity index (χ0v) is 12.6. The molecule has 1 N–H and O–H groups in total. The van der Waals surface area contributed by atoms with Crippen LogP contribution in [0.1, 0.15) is 36.3 Å². The molecule has 2 aliphatic rings. The van der Waals surface area contributed by atoms with E-state index in [0.29, 0.717) is 12.3 Å². The van der Waals surface area contributed by atoms with Gasteiger partial charge in [0.25, 0.3) is 0 Å². The molecule has 3 rings (SSSR count). The predicted octanol–water partition coefficient (Wildman–Crippen LogP) is 1.80. The molecule has 5 nitrogen and oxygen atoms in total. The lowest BCUT2D eigenvalue weighted by molar-refractivity contribution is -0.139. The third kappa shape index (κ3) is 3.11. The maximum Gasteiger partial charge on any atom is 0.312 e. The topological polar surface area (TPSA) is 74.7 Å². The summed E-state index contributed by atoms with van der Waals surface area (Å²) in [6.45, 7) is 0.326. The number of fused-ring (bicyclic) bond motifs is 1. The van der Waals surface area contributed by atoms with E-state index in [1.54, 1.807) is 12.1 Å². The molecule has 114 valence electrons. The third-order valence-corrected chi connectivity index (χ3v) is 6.15. The zero-order valence-electron chi connectivity index (χ0n) is 11.7.